The molecular weight excluding hydrogens is 189 g/mol. The highest BCUT2D eigenvalue weighted by molar-refractivity contribution is 5.86. The SMILES string of the molecule is CC[C@@H](N)c1ccc(F)c2ccccc12. The lowest BCUT2D eigenvalue weighted by atomic mass is 9.97. The Balaban J connectivity index is 2.71. The van der Waals surface area contributed by atoms with Crippen LogP contribution in [0, 0.1) is 5.82 Å². The quantitative estimate of drug-likeness (QED) is 0.795. The molecule has 0 saturated heterocycles. The molecule has 2 N–H and O–H groups in total. The third-order valence-corrected chi connectivity index (χ3v) is 2.74. The number of nitrogens with two attached hydrogens (primary N) is 1. The summed E-state index contributed by atoms with van der Waals surface area (Å²) in [5.74, 6) is -0.183. The molecule has 78 valence electrons. The minimum Gasteiger partial charge on any atom is -0.324 e. The standard InChI is InChI=1S/C13H14FN/c1-2-13(15)11-7-8-12(14)10-6-4-3-5-9(10)11/h3-8,13H,2,15H2,1H3/t13-/m1/s1. The van der Waals surface area contributed by atoms with E-state index in [4.69, 9.17) is 5.73 Å². The van der Waals surface area contributed by atoms with E-state index in [1.807, 2.05) is 25.1 Å². The van der Waals surface area contributed by atoms with Gasteiger partial charge in [-0.05, 0) is 23.4 Å². The van der Waals surface area contributed by atoms with E-state index in [0.717, 1.165) is 17.4 Å². The van der Waals surface area contributed by atoms with Gasteiger partial charge in [-0.2, -0.15) is 0 Å². The molecule has 2 rings (SSSR count). The van der Waals surface area contributed by atoms with Crippen molar-refractivity contribution >= 4 is 10.8 Å². The monoisotopic (exact) mass is 203 g/mol. The summed E-state index contributed by atoms with van der Waals surface area (Å²) in [6.07, 6.45) is 0.857. The molecule has 1 atom stereocenters. The van der Waals surface area contributed by atoms with E-state index >= 15 is 0 Å². The Morgan fingerprint density at radius 3 is 2.47 bits per heavy atom. The van der Waals surface area contributed by atoms with Crippen molar-refractivity contribution in [3.63, 3.8) is 0 Å². The minimum absolute atomic E-state index is 0.0181. The molecule has 0 fully saturated rings. The first-order valence-electron chi connectivity index (χ1n) is 5.16. The van der Waals surface area contributed by atoms with Crippen LogP contribution in [0.5, 0.6) is 0 Å². The molecule has 0 heterocycles. The molecule has 2 aromatic rings. The zero-order valence-corrected chi connectivity index (χ0v) is 8.70. The molecule has 0 saturated carbocycles. The van der Waals surface area contributed by atoms with Crippen molar-refractivity contribution in [2.45, 2.75) is 19.4 Å². The average Bonchev–Trinajstić information content (AvgIpc) is 2.29. The van der Waals surface area contributed by atoms with Crippen molar-refractivity contribution < 1.29 is 4.39 Å². The summed E-state index contributed by atoms with van der Waals surface area (Å²) in [5.41, 5.74) is 7.01. The van der Waals surface area contributed by atoms with Gasteiger partial charge in [0.15, 0.2) is 0 Å². The van der Waals surface area contributed by atoms with E-state index in [1.54, 1.807) is 12.1 Å². The third kappa shape index (κ3) is 1.73. The van der Waals surface area contributed by atoms with Gasteiger partial charge in [-0.3, -0.25) is 0 Å². The van der Waals surface area contributed by atoms with Crippen molar-refractivity contribution in [3.05, 3.63) is 47.8 Å². The molecular formula is C13H14FN. The van der Waals surface area contributed by atoms with Crippen LogP contribution in [0.2, 0.25) is 0 Å². The van der Waals surface area contributed by atoms with Gasteiger partial charge >= 0.3 is 0 Å². The molecule has 15 heavy (non-hydrogen) atoms. The van der Waals surface area contributed by atoms with Gasteiger partial charge in [-0.25, -0.2) is 4.39 Å². The van der Waals surface area contributed by atoms with Gasteiger partial charge < -0.3 is 5.73 Å². The Bertz CT molecular complexity index is 479. The van der Waals surface area contributed by atoms with Gasteiger partial charge in [0.2, 0.25) is 0 Å². The van der Waals surface area contributed by atoms with Crippen LogP contribution < -0.4 is 5.73 Å². The second kappa shape index (κ2) is 3.99. The molecule has 0 amide bonds. The maximum Gasteiger partial charge on any atom is 0.131 e. The van der Waals surface area contributed by atoms with E-state index in [-0.39, 0.29) is 11.9 Å². The average molecular weight is 203 g/mol. The summed E-state index contributed by atoms with van der Waals surface area (Å²) < 4.78 is 13.5. The molecule has 0 aliphatic carbocycles. The number of halogens is 1. The number of benzene rings is 2. The van der Waals surface area contributed by atoms with Crippen LogP contribution in [0.25, 0.3) is 10.8 Å². The molecule has 0 aliphatic heterocycles. The first-order chi connectivity index (χ1) is 7.24. The van der Waals surface area contributed by atoms with E-state index in [1.165, 1.54) is 6.07 Å². The summed E-state index contributed by atoms with van der Waals surface area (Å²) >= 11 is 0. The van der Waals surface area contributed by atoms with Crippen molar-refractivity contribution in [2.24, 2.45) is 5.73 Å². The fraction of sp³-hybridized carbons (Fsp3) is 0.231. The fourth-order valence-electron chi connectivity index (χ4n) is 1.83. The van der Waals surface area contributed by atoms with E-state index in [0.29, 0.717) is 5.39 Å². The number of hydrogen-bond acceptors (Lipinski definition) is 1. The van der Waals surface area contributed by atoms with Crippen molar-refractivity contribution in [1.29, 1.82) is 0 Å². The third-order valence-electron chi connectivity index (χ3n) is 2.74. The molecule has 2 aromatic carbocycles. The van der Waals surface area contributed by atoms with Gasteiger partial charge in [0.25, 0.3) is 0 Å². The van der Waals surface area contributed by atoms with Crippen molar-refractivity contribution in [2.75, 3.05) is 0 Å². The van der Waals surface area contributed by atoms with Crippen LogP contribution in [0.4, 0.5) is 4.39 Å². The molecule has 2 heteroatoms. The topological polar surface area (TPSA) is 26.0 Å². The molecule has 0 aliphatic rings. The molecule has 0 aromatic heterocycles. The van der Waals surface area contributed by atoms with Crippen molar-refractivity contribution in [1.82, 2.24) is 0 Å². The molecule has 0 unspecified atom stereocenters. The van der Waals surface area contributed by atoms with Crippen LogP contribution in [0.1, 0.15) is 24.9 Å². The smallest absolute Gasteiger partial charge is 0.131 e. The summed E-state index contributed by atoms with van der Waals surface area (Å²) in [6, 6.07) is 10.7. The molecule has 0 radical (unpaired) electrons. The second-order valence-electron chi connectivity index (χ2n) is 3.70. The maximum absolute atomic E-state index is 13.5. The summed E-state index contributed by atoms with van der Waals surface area (Å²) in [5, 5.41) is 1.57. The van der Waals surface area contributed by atoms with E-state index in [9.17, 15) is 4.39 Å². The largest absolute Gasteiger partial charge is 0.324 e. The number of rotatable bonds is 2. The molecule has 1 nitrogen and oxygen atoms in total. The highest BCUT2D eigenvalue weighted by atomic mass is 19.1. The molecule has 0 spiro atoms. The Kier molecular flexibility index (Phi) is 2.69. The van der Waals surface area contributed by atoms with Gasteiger partial charge in [0.05, 0.1) is 0 Å². The molecule has 0 bridgehead atoms. The van der Waals surface area contributed by atoms with Gasteiger partial charge in [-0.15, -0.1) is 0 Å². The Labute approximate surface area is 88.7 Å². The summed E-state index contributed by atoms with van der Waals surface area (Å²) in [7, 11) is 0. The lowest BCUT2D eigenvalue weighted by Gasteiger charge is -2.12. The van der Waals surface area contributed by atoms with Crippen molar-refractivity contribution in [3.8, 4) is 0 Å². The first kappa shape index (κ1) is 10.1. The van der Waals surface area contributed by atoms with Crippen LogP contribution in [-0.4, -0.2) is 0 Å². The second-order valence-corrected chi connectivity index (χ2v) is 3.70. The number of hydrogen-bond donors (Lipinski definition) is 1. The van der Waals surface area contributed by atoms with Crippen LogP contribution in [0.15, 0.2) is 36.4 Å². The number of fused-ring (bicyclic) bond motifs is 1. The summed E-state index contributed by atoms with van der Waals surface area (Å²) in [4.78, 5) is 0. The van der Waals surface area contributed by atoms with Crippen LogP contribution >= 0.6 is 0 Å². The summed E-state index contributed by atoms with van der Waals surface area (Å²) in [6.45, 7) is 2.03. The van der Waals surface area contributed by atoms with E-state index in [2.05, 4.69) is 0 Å². The van der Waals surface area contributed by atoms with Crippen LogP contribution in [-0.2, 0) is 0 Å². The van der Waals surface area contributed by atoms with Gasteiger partial charge in [-0.1, -0.05) is 37.3 Å². The maximum atomic E-state index is 13.5. The van der Waals surface area contributed by atoms with Crippen LogP contribution in [0.3, 0.4) is 0 Å². The predicted molar refractivity (Wildman–Crippen MR) is 61.1 cm³/mol. The normalized spacial score (nSPS) is 13.0. The Morgan fingerprint density at radius 1 is 1.13 bits per heavy atom. The predicted octanol–water partition coefficient (Wildman–Crippen LogP) is 3.39. The fourth-order valence-corrected chi connectivity index (χ4v) is 1.83. The minimum atomic E-state index is -0.183. The Morgan fingerprint density at radius 2 is 1.80 bits per heavy atom. The Hall–Kier alpha value is -1.41. The zero-order valence-electron chi connectivity index (χ0n) is 8.70. The lowest BCUT2D eigenvalue weighted by Crippen LogP contribution is -2.09. The highest BCUT2D eigenvalue weighted by Crippen LogP contribution is 2.26. The highest BCUT2D eigenvalue weighted by Gasteiger charge is 2.09. The van der Waals surface area contributed by atoms with Gasteiger partial charge in [0.1, 0.15) is 5.82 Å². The lowest BCUT2D eigenvalue weighted by molar-refractivity contribution is 0.637. The first-order valence-corrected chi connectivity index (χ1v) is 5.16. The zero-order chi connectivity index (χ0) is 10.8. The van der Waals surface area contributed by atoms with E-state index < -0.39 is 0 Å². The van der Waals surface area contributed by atoms with Gasteiger partial charge in [0, 0.05) is 11.4 Å².